The Morgan fingerprint density at radius 3 is 2.37 bits per heavy atom. The van der Waals surface area contributed by atoms with Crippen LogP contribution in [0.1, 0.15) is 24.2 Å². The number of aliphatic hydroxyl groups is 1. The number of benzene rings is 3. The Balaban J connectivity index is 1.60. The first-order valence-electron chi connectivity index (χ1n) is 13.6. The number of carbonyl (C=O) groups excluding carboxylic acids is 2. The molecule has 0 saturated carbocycles. The van der Waals surface area contributed by atoms with Crippen molar-refractivity contribution in [2.75, 3.05) is 44.5 Å². The van der Waals surface area contributed by atoms with Gasteiger partial charge in [0.2, 0.25) is 10.0 Å². The van der Waals surface area contributed by atoms with Crippen molar-refractivity contribution < 1.29 is 37.0 Å². The Kier molecular flexibility index (Phi) is 9.89. The van der Waals surface area contributed by atoms with Crippen LogP contribution in [0.25, 0.3) is 0 Å². The molecule has 43 heavy (non-hydrogen) atoms. The average Bonchev–Trinajstić information content (AvgIpc) is 2.99. The quantitative estimate of drug-likeness (QED) is 0.331. The molecule has 0 radical (unpaired) electrons. The molecule has 3 aromatic carbocycles. The van der Waals surface area contributed by atoms with Gasteiger partial charge in [0.05, 0.1) is 36.8 Å². The molecule has 230 valence electrons. The average molecular weight is 615 g/mol. The van der Waals surface area contributed by atoms with Gasteiger partial charge in [-0.2, -0.15) is 4.31 Å². The van der Waals surface area contributed by atoms with Crippen molar-refractivity contribution in [2.24, 2.45) is 5.92 Å². The van der Waals surface area contributed by atoms with Crippen molar-refractivity contribution in [1.29, 1.82) is 0 Å². The van der Waals surface area contributed by atoms with E-state index >= 15 is 0 Å². The van der Waals surface area contributed by atoms with E-state index in [1.807, 2.05) is 6.92 Å². The maximum Gasteiger partial charge on any atom is 0.323 e. The minimum absolute atomic E-state index is 0.0232. The van der Waals surface area contributed by atoms with Gasteiger partial charge in [-0.3, -0.25) is 4.79 Å². The molecule has 3 N–H and O–H groups in total. The van der Waals surface area contributed by atoms with Crippen LogP contribution in [0, 0.1) is 11.7 Å². The molecule has 3 aromatic rings. The Morgan fingerprint density at radius 1 is 1.12 bits per heavy atom. The maximum absolute atomic E-state index is 13.7. The van der Waals surface area contributed by atoms with Crippen molar-refractivity contribution >= 4 is 33.3 Å². The first kappa shape index (κ1) is 31.7. The van der Waals surface area contributed by atoms with Crippen LogP contribution >= 0.6 is 0 Å². The molecule has 0 aromatic heterocycles. The van der Waals surface area contributed by atoms with E-state index in [1.165, 1.54) is 71.9 Å². The number of hydrogen-bond donors (Lipinski definition) is 3. The Morgan fingerprint density at radius 2 is 1.74 bits per heavy atom. The largest absolute Gasteiger partial charge is 0.497 e. The molecule has 3 amide bonds. The molecule has 0 bridgehead atoms. The highest BCUT2D eigenvalue weighted by atomic mass is 32.2. The number of halogens is 1. The van der Waals surface area contributed by atoms with E-state index in [0.717, 1.165) is 0 Å². The lowest BCUT2D eigenvalue weighted by atomic mass is 9.99. The molecule has 1 aliphatic rings. The highest BCUT2D eigenvalue weighted by molar-refractivity contribution is 7.89. The molecule has 1 heterocycles. The summed E-state index contributed by atoms with van der Waals surface area (Å²) < 4.78 is 52.5. The highest BCUT2D eigenvalue weighted by Crippen LogP contribution is 2.31. The summed E-state index contributed by atoms with van der Waals surface area (Å²) in [6.07, 6.45) is -0.668. The van der Waals surface area contributed by atoms with E-state index in [1.54, 1.807) is 25.1 Å². The smallest absolute Gasteiger partial charge is 0.323 e. The molecule has 0 unspecified atom stereocenters. The lowest BCUT2D eigenvalue weighted by molar-refractivity contribution is 0.0387. The topological polar surface area (TPSA) is 138 Å². The van der Waals surface area contributed by atoms with Gasteiger partial charge >= 0.3 is 6.03 Å². The number of carbonyl (C=O) groups is 2. The van der Waals surface area contributed by atoms with Crippen LogP contribution in [-0.4, -0.2) is 80.7 Å². The van der Waals surface area contributed by atoms with Gasteiger partial charge in [-0.25, -0.2) is 17.6 Å². The fourth-order valence-electron chi connectivity index (χ4n) is 4.62. The molecule has 4 rings (SSSR count). The predicted molar refractivity (Wildman–Crippen MR) is 159 cm³/mol. The number of aliphatic hydroxyl groups excluding tert-OH is 1. The molecule has 1 aliphatic heterocycles. The second-order valence-corrected chi connectivity index (χ2v) is 12.4. The van der Waals surface area contributed by atoms with Crippen LogP contribution in [0.2, 0.25) is 0 Å². The van der Waals surface area contributed by atoms with Crippen molar-refractivity contribution in [2.45, 2.75) is 30.9 Å². The number of ether oxygens (including phenoxy) is 2. The normalized spacial score (nSPS) is 17.7. The first-order valence-corrected chi connectivity index (χ1v) is 15.0. The van der Waals surface area contributed by atoms with Crippen molar-refractivity contribution in [1.82, 2.24) is 9.21 Å². The number of likely N-dealkylation sites (N-methyl/N-ethyl adjacent to an activating group) is 1. The number of rotatable bonds is 9. The van der Waals surface area contributed by atoms with Gasteiger partial charge in [-0.15, -0.1) is 0 Å². The summed E-state index contributed by atoms with van der Waals surface area (Å²) in [5, 5.41) is 15.1. The van der Waals surface area contributed by atoms with Crippen LogP contribution in [0.4, 0.5) is 20.6 Å². The number of urea groups is 1. The minimum atomic E-state index is -3.88. The summed E-state index contributed by atoms with van der Waals surface area (Å²) in [7, 11) is -0.923. The number of anilines is 2. The summed E-state index contributed by atoms with van der Waals surface area (Å²) in [4.78, 5) is 27.9. The van der Waals surface area contributed by atoms with E-state index in [4.69, 9.17) is 9.47 Å². The van der Waals surface area contributed by atoms with E-state index in [2.05, 4.69) is 10.6 Å². The molecular weight excluding hydrogens is 579 g/mol. The molecular formula is C30H35FN4O7S. The summed E-state index contributed by atoms with van der Waals surface area (Å²) in [6.45, 7) is 3.43. The zero-order valence-corrected chi connectivity index (χ0v) is 25.1. The third-order valence-electron chi connectivity index (χ3n) is 7.23. The summed E-state index contributed by atoms with van der Waals surface area (Å²) in [6, 6.07) is 14.7. The van der Waals surface area contributed by atoms with Crippen LogP contribution in [-0.2, 0) is 10.0 Å². The minimum Gasteiger partial charge on any atom is -0.497 e. The molecule has 13 heteroatoms. The predicted octanol–water partition coefficient (Wildman–Crippen LogP) is 4.02. The van der Waals surface area contributed by atoms with Crippen LogP contribution in [0.15, 0.2) is 71.6 Å². The van der Waals surface area contributed by atoms with Gasteiger partial charge in [0.1, 0.15) is 23.4 Å². The van der Waals surface area contributed by atoms with Crippen molar-refractivity contribution in [3.8, 4) is 11.5 Å². The molecule has 0 fully saturated rings. The fraction of sp³-hybridized carbons (Fsp3) is 0.333. The Bertz CT molecular complexity index is 1550. The van der Waals surface area contributed by atoms with E-state index in [0.29, 0.717) is 11.4 Å². The lowest BCUT2D eigenvalue weighted by Gasteiger charge is -2.38. The summed E-state index contributed by atoms with van der Waals surface area (Å²) in [5.41, 5.74) is 0.798. The SMILES string of the molecule is COc1ccc(S(=O)(=O)N(C)C[C@H]2Oc3ccc(NC(=O)Nc4ccc(F)cc4)cc3C(=O)N([C@@H](C)CO)C[C@H]2C)cc1. The third kappa shape index (κ3) is 7.42. The monoisotopic (exact) mass is 614 g/mol. The number of hydrogen-bond acceptors (Lipinski definition) is 7. The maximum atomic E-state index is 13.7. The van der Waals surface area contributed by atoms with Gasteiger partial charge in [-0.1, -0.05) is 6.92 Å². The van der Waals surface area contributed by atoms with Crippen LogP contribution in [0.3, 0.4) is 0 Å². The van der Waals surface area contributed by atoms with Crippen LogP contribution in [0.5, 0.6) is 11.5 Å². The van der Waals surface area contributed by atoms with Crippen LogP contribution < -0.4 is 20.1 Å². The summed E-state index contributed by atoms with van der Waals surface area (Å²) in [5.74, 6) is -0.441. The summed E-state index contributed by atoms with van der Waals surface area (Å²) >= 11 is 0. The lowest BCUT2D eigenvalue weighted by Crippen LogP contribution is -2.50. The number of sulfonamides is 1. The number of fused-ring (bicyclic) bond motifs is 1. The van der Waals surface area contributed by atoms with E-state index in [9.17, 15) is 27.5 Å². The van der Waals surface area contributed by atoms with Gasteiger partial charge < -0.3 is 30.1 Å². The fourth-order valence-corrected chi connectivity index (χ4v) is 5.81. The Hall–Kier alpha value is -4.20. The Labute approximate surface area is 250 Å². The van der Waals surface area contributed by atoms with Crippen molar-refractivity contribution in [3.63, 3.8) is 0 Å². The number of methoxy groups -OCH3 is 1. The molecule has 0 aliphatic carbocycles. The van der Waals surface area contributed by atoms with E-state index in [-0.39, 0.29) is 47.5 Å². The number of amides is 3. The molecule has 0 spiro atoms. The number of nitrogens with zero attached hydrogens (tertiary/aromatic N) is 2. The number of nitrogens with one attached hydrogen (secondary N) is 2. The van der Waals surface area contributed by atoms with Gasteiger partial charge in [0.15, 0.2) is 0 Å². The first-order chi connectivity index (χ1) is 20.4. The van der Waals surface area contributed by atoms with Gasteiger partial charge in [0, 0.05) is 30.9 Å². The van der Waals surface area contributed by atoms with Crippen molar-refractivity contribution in [3.05, 3.63) is 78.1 Å². The standard InChI is InChI=1S/C30H35FN4O7S/c1-19-16-35(20(2)18-36)29(37)26-15-23(33-30(38)32-22-7-5-21(31)6-8-22)9-14-27(26)42-28(19)17-34(3)43(39,40)25-12-10-24(41-4)11-13-25/h5-15,19-20,28,36H,16-18H2,1-4H3,(H2,32,33,38)/t19-,20+,28-/m1/s1. The van der Waals surface area contributed by atoms with E-state index < -0.39 is 39.9 Å². The van der Waals surface area contributed by atoms with Gasteiger partial charge in [0.25, 0.3) is 5.91 Å². The second-order valence-electron chi connectivity index (χ2n) is 10.4. The zero-order chi connectivity index (χ0) is 31.3. The highest BCUT2D eigenvalue weighted by Gasteiger charge is 2.35. The molecule has 11 nitrogen and oxygen atoms in total. The second kappa shape index (κ2) is 13.4. The third-order valence-corrected chi connectivity index (χ3v) is 9.07. The van der Waals surface area contributed by atoms with Gasteiger partial charge in [-0.05, 0) is 73.7 Å². The zero-order valence-electron chi connectivity index (χ0n) is 24.3. The molecule has 3 atom stereocenters. The molecule has 0 saturated heterocycles.